The minimum absolute atomic E-state index is 0.161. The highest BCUT2D eigenvalue weighted by molar-refractivity contribution is 6.31. The molecule has 1 aliphatic rings. The molecule has 0 amide bonds. The van der Waals surface area contributed by atoms with Crippen LogP contribution in [0.3, 0.4) is 0 Å². The number of aromatic nitrogens is 3. The maximum Gasteiger partial charge on any atom is 0.266 e. The largest absolute Gasteiger partial charge is 0.378 e. The maximum absolute atomic E-state index is 12.8. The van der Waals surface area contributed by atoms with Crippen LogP contribution in [0.4, 0.5) is 5.95 Å². The van der Waals surface area contributed by atoms with Crippen molar-refractivity contribution in [1.82, 2.24) is 14.5 Å². The molecule has 0 spiro atoms. The van der Waals surface area contributed by atoms with Gasteiger partial charge in [0.25, 0.3) is 5.56 Å². The van der Waals surface area contributed by atoms with E-state index in [1.54, 1.807) is 23.0 Å². The van der Waals surface area contributed by atoms with Crippen LogP contribution in [0.1, 0.15) is 5.56 Å². The Kier molecular flexibility index (Phi) is 4.15. The molecule has 7 heteroatoms. The summed E-state index contributed by atoms with van der Waals surface area (Å²) < 4.78 is 6.91. The van der Waals surface area contributed by atoms with Crippen LogP contribution in [-0.2, 0) is 4.74 Å². The Morgan fingerprint density at radius 3 is 2.76 bits per heavy atom. The van der Waals surface area contributed by atoms with Gasteiger partial charge in [0, 0.05) is 30.5 Å². The summed E-state index contributed by atoms with van der Waals surface area (Å²) in [4.78, 5) is 23.8. The average Bonchev–Trinajstić information content (AvgIpc) is 2.65. The van der Waals surface area contributed by atoms with E-state index in [0.717, 1.165) is 24.3 Å². The summed E-state index contributed by atoms with van der Waals surface area (Å²) in [6.45, 7) is 4.76. The zero-order chi connectivity index (χ0) is 17.4. The molecule has 0 saturated carbocycles. The second-order valence-electron chi connectivity index (χ2n) is 5.99. The molecule has 0 unspecified atom stereocenters. The minimum Gasteiger partial charge on any atom is -0.378 e. The fourth-order valence-electron chi connectivity index (χ4n) is 2.87. The molecule has 0 N–H and O–H groups in total. The number of rotatable bonds is 2. The number of hydrogen-bond donors (Lipinski definition) is 0. The third kappa shape index (κ3) is 2.99. The number of hydrogen-bond acceptors (Lipinski definition) is 5. The fourth-order valence-corrected chi connectivity index (χ4v) is 3.05. The summed E-state index contributed by atoms with van der Waals surface area (Å²) in [5.41, 5.74) is 2.17. The van der Waals surface area contributed by atoms with E-state index in [2.05, 4.69) is 14.9 Å². The van der Waals surface area contributed by atoms with Gasteiger partial charge in [-0.25, -0.2) is 9.97 Å². The quantitative estimate of drug-likeness (QED) is 0.706. The highest BCUT2D eigenvalue weighted by Crippen LogP contribution is 2.20. The SMILES string of the molecule is Cc1ccc(-n2ccc3nc(N4CCOCC4)ncc3c2=O)cc1Cl. The molecule has 0 atom stereocenters. The van der Waals surface area contributed by atoms with Crippen molar-refractivity contribution >= 4 is 28.5 Å². The van der Waals surface area contributed by atoms with Crippen LogP contribution in [0.25, 0.3) is 16.6 Å². The van der Waals surface area contributed by atoms with Gasteiger partial charge in [0.05, 0.1) is 29.8 Å². The van der Waals surface area contributed by atoms with Crippen LogP contribution < -0.4 is 10.5 Å². The number of pyridine rings is 1. The first-order valence-electron chi connectivity index (χ1n) is 8.11. The van der Waals surface area contributed by atoms with Gasteiger partial charge in [-0.1, -0.05) is 17.7 Å². The molecule has 3 heterocycles. The van der Waals surface area contributed by atoms with Crippen molar-refractivity contribution in [2.24, 2.45) is 0 Å². The van der Waals surface area contributed by atoms with E-state index < -0.39 is 0 Å². The van der Waals surface area contributed by atoms with Gasteiger partial charge < -0.3 is 9.64 Å². The molecule has 0 aliphatic carbocycles. The van der Waals surface area contributed by atoms with Gasteiger partial charge in [-0.3, -0.25) is 9.36 Å². The molecule has 4 rings (SSSR count). The van der Waals surface area contributed by atoms with Crippen molar-refractivity contribution in [3.63, 3.8) is 0 Å². The van der Waals surface area contributed by atoms with E-state index in [0.29, 0.717) is 35.1 Å². The fraction of sp³-hybridized carbons (Fsp3) is 0.278. The molecule has 1 saturated heterocycles. The second kappa shape index (κ2) is 6.46. The van der Waals surface area contributed by atoms with Crippen LogP contribution in [0.5, 0.6) is 0 Å². The number of ether oxygens (including phenoxy) is 1. The summed E-state index contributed by atoms with van der Waals surface area (Å²) in [7, 11) is 0. The average molecular weight is 357 g/mol. The lowest BCUT2D eigenvalue weighted by atomic mass is 10.2. The normalized spacial score (nSPS) is 14.9. The predicted molar refractivity (Wildman–Crippen MR) is 97.9 cm³/mol. The highest BCUT2D eigenvalue weighted by Gasteiger charge is 2.15. The lowest BCUT2D eigenvalue weighted by Gasteiger charge is -2.26. The van der Waals surface area contributed by atoms with E-state index in [-0.39, 0.29) is 5.56 Å². The van der Waals surface area contributed by atoms with E-state index in [1.807, 2.05) is 25.1 Å². The molecule has 128 valence electrons. The third-order valence-electron chi connectivity index (χ3n) is 4.36. The zero-order valence-corrected chi connectivity index (χ0v) is 14.5. The molecule has 25 heavy (non-hydrogen) atoms. The topological polar surface area (TPSA) is 60.3 Å². The minimum atomic E-state index is -0.161. The van der Waals surface area contributed by atoms with E-state index in [4.69, 9.17) is 16.3 Å². The lowest BCUT2D eigenvalue weighted by Crippen LogP contribution is -2.37. The van der Waals surface area contributed by atoms with Crippen molar-refractivity contribution < 1.29 is 4.74 Å². The maximum atomic E-state index is 12.8. The molecule has 3 aromatic rings. The van der Waals surface area contributed by atoms with Crippen LogP contribution in [-0.4, -0.2) is 40.8 Å². The van der Waals surface area contributed by atoms with Gasteiger partial charge in [0.2, 0.25) is 5.95 Å². The first-order chi connectivity index (χ1) is 12.1. The Hall–Kier alpha value is -2.44. The summed E-state index contributed by atoms with van der Waals surface area (Å²) in [5.74, 6) is 0.631. The first kappa shape index (κ1) is 16.1. The van der Waals surface area contributed by atoms with Crippen LogP contribution in [0, 0.1) is 6.92 Å². The first-order valence-corrected chi connectivity index (χ1v) is 8.49. The number of anilines is 1. The molecule has 1 aromatic carbocycles. The van der Waals surface area contributed by atoms with Gasteiger partial charge in [0.1, 0.15) is 0 Å². The Labute approximate surface area is 149 Å². The van der Waals surface area contributed by atoms with Crippen LogP contribution in [0.2, 0.25) is 5.02 Å². The standard InChI is InChI=1S/C18H17ClN4O2/c1-12-2-3-13(10-15(12)19)23-5-4-16-14(17(23)24)11-20-18(21-16)22-6-8-25-9-7-22/h2-5,10-11H,6-9H2,1H3. The van der Waals surface area contributed by atoms with Crippen molar-refractivity contribution in [2.45, 2.75) is 6.92 Å². The van der Waals surface area contributed by atoms with Crippen molar-refractivity contribution in [2.75, 3.05) is 31.2 Å². The zero-order valence-electron chi connectivity index (χ0n) is 13.8. The van der Waals surface area contributed by atoms with E-state index in [1.165, 1.54) is 0 Å². The molecule has 1 aliphatic heterocycles. The Morgan fingerprint density at radius 1 is 1.20 bits per heavy atom. The molecule has 6 nitrogen and oxygen atoms in total. The van der Waals surface area contributed by atoms with Gasteiger partial charge >= 0.3 is 0 Å². The molecule has 1 fully saturated rings. The van der Waals surface area contributed by atoms with Gasteiger partial charge in [-0.05, 0) is 30.7 Å². The molecule has 0 radical (unpaired) electrons. The van der Waals surface area contributed by atoms with Gasteiger partial charge in [-0.2, -0.15) is 0 Å². The smallest absolute Gasteiger partial charge is 0.266 e. The van der Waals surface area contributed by atoms with Crippen molar-refractivity contribution in [3.05, 3.63) is 57.6 Å². The number of benzene rings is 1. The summed E-state index contributed by atoms with van der Waals surface area (Å²) in [6.07, 6.45) is 3.32. The Morgan fingerprint density at radius 2 is 2.00 bits per heavy atom. The monoisotopic (exact) mass is 356 g/mol. The van der Waals surface area contributed by atoms with E-state index in [9.17, 15) is 4.79 Å². The number of morpholine rings is 1. The van der Waals surface area contributed by atoms with E-state index >= 15 is 0 Å². The summed E-state index contributed by atoms with van der Waals surface area (Å²) >= 11 is 6.19. The number of fused-ring (bicyclic) bond motifs is 1. The molecular formula is C18H17ClN4O2. The van der Waals surface area contributed by atoms with Crippen molar-refractivity contribution in [3.8, 4) is 5.69 Å². The van der Waals surface area contributed by atoms with Gasteiger partial charge in [0.15, 0.2) is 0 Å². The predicted octanol–water partition coefficient (Wildman–Crippen LogP) is 2.58. The number of halogens is 1. The summed E-state index contributed by atoms with van der Waals surface area (Å²) in [6, 6.07) is 7.38. The number of aryl methyl sites for hydroxylation is 1. The van der Waals surface area contributed by atoms with Crippen molar-refractivity contribution in [1.29, 1.82) is 0 Å². The Bertz CT molecular complexity index is 996. The summed E-state index contributed by atoms with van der Waals surface area (Å²) in [5, 5.41) is 1.11. The molecule has 2 aromatic heterocycles. The molecule has 0 bridgehead atoms. The molecular weight excluding hydrogens is 340 g/mol. The third-order valence-corrected chi connectivity index (χ3v) is 4.77. The van der Waals surface area contributed by atoms with Crippen LogP contribution >= 0.6 is 11.6 Å². The number of nitrogens with zero attached hydrogens (tertiary/aromatic N) is 4. The highest BCUT2D eigenvalue weighted by atomic mass is 35.5. The van der Waals surface area contributed by atoms with Crippen LogP contribution in [0.15, 0.2) is 41.5 Å². The second-order valence-corrected chi connectivity index (χ2v) is 6.40. The lowest BCUT2D eigenvalue weighted by molar-refractivity contribution is 0.122. The Balaban J connectivity index is 1.77. The van der Waals surface area contributed by atoms with Gasteiger partial charge in [-0.15, -0.1) is 0 Å².